The Morgan fingerprint density at radius 3 is 3.06 bits per heavy atom. The van der Waals surface area contributed by atoms with Crippen LogP contribution in [0.3, 0.4) is 0 Å². The summed E-state index contributed by atoms with van der Waals surface area (Å²) in [6, 6.07) is 5.67. The van der Waals surface area contributed by atoms with E-state index in [9.17, 15) is 0 Å². The molecule has 2 aromatic rings. The molecule has 3 heterocycles. The number of aromatic nitrogens is 3. The summed E-state index contributed by atoms with van der Waals surface area (Å²) in [6.45, 7) is 1.86. The van der Waals surface area contributed by atoms with Gasteiger partial charge in [0.1, 0.15) is 17.3 Å². The van der Waals surface area contributed by atoms with Gasteiger partial charge in [-0.25, -0.2) is 4.40 Å². The Kier molecular flexibility index (Phi) is 1.67. The smallest absolute Gasteiger partial charge is 0.271 e. The highest BCUT2D eigenvalue weighted by atomic mass is 15.3. The van der Waals surface area contributed by atoms with Crippen LogP contribution >= 0.6 is 0 Å². The summed E-state index contributed by atoms with van der Waals surface area (Å²) in [5.74, 6) is 7.36. The molecule has 0 radical (unpaired) electrons. The molecule has 16 heavy (non-hydrogen) atoms. The lowest BCUT2D eigenvalue weighted by atomic mass is 10.4. The number of amidine groups is 1. The zero-order valence-corrected chi connectivity index (χ0v) is 8.55. The van der Waals surface area contributed by atoms with Crippen LogP contribution in [0.1, 0.15) is 6.92 Å². The molecule has 1 aliphatic heterocycles. The molecule has 0 saturated heterocycles. The third kappa shape index (κ3) is 1.14. The van der Waals surface area contributed by atoms with E-state index in [1.807, 2.05) is 29.5 Å². The standard InChI is InChI=1S/C9H9N7/c1-5-11-6-3-2-4-7-13-8(15-10)14-9(12-5)16(6)7/h2-4H,10H2,1H3,(H,11,12,13,14,15). The fourth-order valence-corrected chi connectivity index (χ4v) is 1.66. The number of nitrogens with zero attached hydrogens (tertiary/aromatic N) is 5. The molecular formula is C9H9N7. The minimum atomic E-state index is 0.227. The first kappa shape index (κ1) is 8.84. The van der Waals surface area contributed by atoms with Gasteiger partial charge in [-0.3, -0.25) is 0 Å². The van der Waals surface area contributed by atoms with E-state index in [0.717, 1.165) is 11.7 Å². The first-order valence-corrected chi connectivity index (χ1v) is 4.74. The monoisotopic (exact) mass is 215 g/mol. The van der Waals surface area contributed by atoms with Crippen LogP contribution in [0.5, 0.6) is 0 Å². The molecule has 0 aromatic carbocycles. The maximum Gasteiger partial charge on any atom is 0.271 e. The fraction of sp³-hybridized carbons (Fsp3) is 0.111. The number of hydrogen-bond donors (Lipinski definition) is 2. The van der Waals surface area contributed by atoms with Crippen LogP contribution < -0.4 is 16.8 Å². The number of anilines is 1. The van der Waals surface area contributed by atoms with E-state index < -0.39 is 0 Å². The Balaban J connectivity index is 2.51. The van der Waals surface area contributed by atoms with Gasteiger partial charge in [0, 0.05) is 0 Å². The molecule has 0 atom stereocenters. The first-order chi connectivity index (χ1) is 7.78. The minimum absolute atomic E-state index is 0.227. The van der Waals surface area contributed by atoms with Gasteiger partial charge in [0.05, 0.1) is 0 Å². The van der Waals surface area contributed by atoms with Crippen molar-refractivity contribution in [2.75, 3.05) is 5.32 Å². The molecule has 0 amide bonds. The van der Waals surface area contributed by atoms with Crippen LogP contribution in [0, 0.1) is 0 Å². The Morgan fingerprint density at radius 2 is 2.25 bits per heavy atom. The predicted molar refractivity (Wildman–Crippen MR) is 59.1 cm³/mol. The predicted octanol–water partition coefficient (Wildman–Crippen LogP) is -0.0209. The summed E-state index contributed by atoms with van der Waals surface area (Å²) in [4.78, 5) is 12.6. The Hall–Kier alpha value is -2.44. The third-order valence-corrected chi connectivity index (χ3v) is 2.28. The molecule has 1 aliphatic rings. The van der Waals surface area contributed by atoms with Gasteiger partial charge in [0.25, 0.3) is 5.62 Å². The van der Waals surface area contributed by atoms with Crippen molar-refractivity contribution in [1.82, 2.24) is 14.4 Å². The molecule has 2 aromatic heterocycles. The van der Waals surface area contributed by atoms with E-state index in [-0.39, 0.29) is 5.62 Å². The van der Waals surface area contributed by atoms with Gasteiger partial charge < -0.3 is 11.2 Å². The van der Waals surface area contributed by atoms with Crippen LogP contribution in [0.25, 0.3) is 5.65 Å². The van der Waals surface area contributed by atoms with Crippen LogP contribution in [-0.2, 0) is 0 Å². The van der Waals surface area contributed by atoms with Crippen molar-refractivity contribution in [1.29, 1.82) is 0 Å². The molecule has 0 spiro atoms. The fourth-order valence-electron chi connectivity index (χ4n) is 1.66. The van der Waals surface area contributed by atoms with Crippen LogP contribution in [-0.4, -0.2) is 20.2 Å². The third-order valence-electron chi connectivity index (χ3n) is 2.28. The molecule has 7 nitrogen and oxygen atoms in total. The minimum Gasteiger partial charge on any atom is -0.330 e. The normalized spacial score (nSPS) is 14.8. The van der Waals surface area contributed by atoms with Gasteiger partial charge in [-0.15, -0.1) is 5.10 Å². The number of nitrogens with two attached hydrogens (primary N) is 1. The second-order valence-electron chi connectivity index (χ2n) is 3.38. The molecule has 0 saturated carbocycles. The van der Waals surface area contributed by atoms with Crippen molar-refractivity contribution >= 4 is 23.2 Å². The number of nitrogens with one attached hydrogen (secondary N) is 1. The quantitative estimate of drug-likeness (QED) is 0.477. The van der Waals surface area contributed by atoms with E-state index in [4.69, 9.17) is 5.84 Å². The van der Waals surface area contributed by atoms with Crippen LogP contribution in [0.2, 0.25) is 0 Å². The number of hydrogen-bond acceptors (Lipinski definition) is 6. The van der Waals surface area contributed by atoms with E-state index in [1.54, 1.807) is 0 Å². The van der Waals surface area contributed by atoms with Crippen molar-refractivity contribution in [2.24, 2.45) is 15.9 Å². The number of pyridine rings is 1. The van der Waals surface area contributed by atoms with Crippen LogP contribution in [0.4, 0.5) is 11.8 Å². The Labute approximate surface area is 90.4 Å². The van der Waals surface area contributed by atoms with Gasteiger partial charge in [-0.2, -0.15) is 15.0 Å². The van der Waals surface area contributed by atoms with Crippen molar-refractivity contribution in [3.63, 3.8) is 0 Å². The second-order valence-corrected chi connectivity index (χ2v) is 3.38. The van der Waals surface area contributed by atoms with E-state index >= 15 is 0 Å². The lowest BCUT2D eigenvalue weighted by Crippen LogP contribution is -2.23. The van der Waals surface area contributed by atoms with Crippen molar-refractivity contribution in [2.45, 2.75) is 6.92 Å². The lowest BCUT2D eigenvalue weighted by Gasteiger charge is -2.16. The maximum atomic E-state index is 5.18. The first-order valence-electron chi connectivity index (χ1n) is 4.74. The molecule has 3 rings (SSSR count). The molecule has 0 aliphatic carbocycles. The maximum absolute atomic E-state index is 5.18. The molecule has 80 valence electrons. The van der Waals surface area contributed by atoms with E-state index in [0.29, 0.717) is 11.6 Å². The average molecular weight is 215 g/mol. The summed E-state index contributed by atoms with van der Waals surface area (Å²) in [7, 11) is 0. The van der Waals surface area contributed by atoms with Crippen molar-refractivity contribution < 1.29 is 0 Å². The molecule has 0 fully saturated rings. The number of rotatable bonds is 0. The summed E-state index contributed by atoms with van der Waals surface area (Å²) in [5.41, 5.74) is 0.932. The molecule has 0 bridgehead atoms. The second kappa shape index (κ2) is 3.02. The van der Waals surface area contributed by atoms with Gasteiger partial charge in [0.2, 0.25) is 5.95 Å². The lowest BCUT2D eigenvalue weighted by molar-refractivity contribution is 0.893. The highest BCUT2D eigenvalue weighted by Gasteiger charge is 2.12. The summed E-state index contributed by atoms with van der Waals surface area (Å²) >= 11 is 0. The van der Waals surface area contributed by atoms with Crippen molar-refractivity contribution in [3.05, 3.63) is 23.8 Å². The summed E-state index contributed by atoms with van der Waals surface area (Å²) < 4.78 is 1.81. The van der Waals surface area contributed by atoms with E-state index in [1.165, 1.54) is 0 Å². The highest BCUT2D eigenvalue weighted by Crippen LogP contribution is 2.20. The summed E-state index contributed by atoms with van der Waals surface area (Å²) in [6.07, 6.45) is 0. The van der Waals surface area contributed by atoms with Gasteiger partial charge in [-0.1, -0.05) is 6.07 Å². The van der Waals surface area contributed by atoms with Gasteiger partial charge in [-0.05, 0) is 19.1 Å². The van der Waals surface area contributed by atoms with Crippen LogP contribution in [0.15, 0.2) is 28.3 Å². The number of aliphatic imine (C=N–C) groups is 1. The molecule has 0 unspecified atom stereocenters. The molecule has 7 heteroatoms. The SMILES string of the molecule is CC1=Nc2n/c(=N\N)nc3cccc(n23)N1. The van der Waals surface area contributed by atoms with Gasteiger partial charge >= 0.3 is 0 Å². The van der Waals surface area contributed by atoms with Gasteiger partial charge in [0.15, 0.2) is 0 Å². The van der Waals surface area contributed by atoms with Crippen molar-refractivity contribution in [3.8, 4) is 0 Å². The zero-order chi connectivity index (χ0) is 11.1. The largest absolute Gasteiger partial charge is 0.330 e. The molecule has 3 N–H and O–H groups in total. The Morgan fingerprint density at radius 1 is 1.38 bits per heavy atom. The highest BCUT2D eigenvalue weighted by molar-refractivity contribution is 5.96. The molecular weight excluding hydrogens is 206 g/mol. The summed E-state index contributed by atoms with van der Waals surface area (Å²) in [5, 5.41) is 6.62. The Bertz CT molecular complexity index is 667. The average Bonchev–Trinajstić information content (AvgIpc) is 2.28. The topological polar surface area (TPSA) is 93.0 Å². The zero-order valence-electron chi connectivity index (χ0n) is 8.55. The van der Waals surface area contributed by atoms with E-state index in [2.05, 4.69) is 25.4 Å².